The Labute approximate surface area is 151 Å². The van der Waals surface area contributed by atoms with Gasteiger partial charge in [0.05, 0.1) is 6.10 Å². The molecule has 144 valence electrons. The second-order valence-electron chi connectivity index (χ2n) is 7.70. The summed E-state index contributed by atoms with van der Waals surface area (Å²) in [6.07, 6.45) is 5.99. The number of aryl methyl sites for hydroxylation is 1. The van der Waals surface area contributed by atoms with Crippen LogP contribution in [0, 0.1) is 5.92 Å². The van der Waals surface area contributed by atoms with E-state index in [0.29, 0.717) is 31.6 Å². The number of aromatic nitrogens is 3. The summed E-state index contributed by atoms with van der Waals surface area (Å²) < 4.78 is 31.4. The molecule has 0 unspecified atom stereocenters. The SMILES string of the molecule is O=C(C1CCC(OC(F)F)CC1)N1CCC(c2nnc3n2CCC3)CC1. The maximum atomic E-state index is 12.8. The summed E-state index contributed by atoms with van der Waals surface area (Å²) in [4.78, 5) is 14.7. The zero-order valence-corrected chi connectivity index (χ0v) is 14.9. The summed E-state index contributed by atoms with van der Waals surface area (Å²) in [7, 11) is 0. The number of fused-ring (bicyclic) bond motifs is 1. The summed E-state index contributed by atoms with van der Waals surface area (Å²) in [6, 6.07) is 0. The monoisotopic (exact) mass is 368 g/mol. The molecule has 0 spiro atoms. The molecule has 26 heavy (non-hydrogen) atoms. The molecular weight excluding hydrogens is 342 g/mol. The molecule has 3 heterocycles. The molecule has 1 saturated carbocycles. The average Bonchev–Trinajstić information content (AvgIpc) is 3.25. The van der Waals surface area contributed by atoms with E-state index in [1.54, 1.807) is 0 Å². The largest absolute Gasteiger partial charge is 0.345 e. The number of carbonyl (C=O) groups excluding carboxylic acids is 1. The minimum atomic E-state index is -2.72. The topological polar surface area (TPSA) is 60.2 Å². The maximum Gasteiger partial charge on any atom is 0.345 e. The lowest BCUT2D eigenvalue weighted by Crippen LogP contribution is -2.43. The molecule has 2 aliphatic heterocycles. The Morgan fingerprint density at radius 1 is 1.04 bits per heavy atom. The van der Waals surface area contributed by atoms with Crippen molar-refractivity contribution >= 4 is 5.91 Å². The predicted octanol–water partition coefficient (Wildman–Crippen LogP) is 2.73. The molecule has 8 heteroatoms. The minimum Gasteiger partial charge on any atom is -0.342 e. The van der Waals surface area contributed by atoms with Crippen LogP contribution in [-0.2, 0) is 22.5 Å². The molecule has 0 aromatic carbocycles. The molecule has 1 saturated heterocycles. The van der Waals surface area contributed by atoms with Crippen molar-refractivity contribution < 1.29 is 18.3 Å². The molecule has 0 N–H and O–H groups in total. The van der Waals surface area contributed by atoms with Crippen molar-refractivity contribution in [1.82, 2.24) is 19.7 Å². The Morgan fingerprint density at radius 2 is 1.77 bits per heavy atom. The first kappa shape index (κ1) is 17.8. The number of piperidine rings is 1. The van der Waals surface area contributed by atoms with E-state index < -0.39 is 12.7 Å². The average molecular weight is 368 g/mol. The highest BCUT2D eigenvalue weighted by Crippen LogP contribution is 2.33. The molecule has 1 aromatic heterocycles. The van der Waals surface area contributed by atoms with Gasteiger partial charge in [0.1, 0.15) is 11.6 Å². The second-order valence-corrected chi connectivity index (χ2v) is 7.70. The third kappa shape index (κ3) is 3.61. The number of nitrogens with zero attached hydrogens (tertiary/aromatic N) is 4. The normalized spacial score (nSPS) is 27.1. The molecule has 0 atom stereocenters. The van der Waals surface area contributed by atoms with Gasteiger partial charge in [-0.3, -0.25) is 4.79 Å². The van der Waals surface area contributed by atoms with Crippen LogP contribution in [0.5, 0.6) is 0 Å². The van der Waals surface area contributed by atoms with Crippen LogP contribution in [0.3, 0.4) is 0 Å². The quantitative estimate of drug-likeness (QED) is 0.820. The third-order valence-electron chi connectivity index (χ3n) is 6.13. The van der Waals surface area contributed by atoms with Crippen molar-refractivity contribution in [2.75, 3.05) is 13.1 Å². The molecule has 2 fully saturated rings. The van der Waals surface area contributed by atoms with Crippen LogP contribution in [0.2, 0.25) is 0 Å². The maximum absolute atomic E-state index is 12.8. The van der Waals surface area contributed by atoms with Crippen molar-refractivity contribution in [2.24, 2.45) is 5.92 Å². The fourth-order valence-corrected chi connectivity index (χ4v) is 4.68. The van der Waals surface area contributed by atoms with Crippen molar-refractivity contribution in [3.8, 4) is 0 Å². The number of alkyl halides is 2. The van der Waals surface area contributed by atoms with Gasteiger partial charge >= 0.3 is 6.61 Å². The summed E-state index contributed by atoms with van der Waals surface area (Å²) in [5, 5.41) is 8.68. The van der Waals surface area contributed by atoms with Crippen LogP contribution < -0.4 is 0 Å². The lowest BCUT2D eigenvalue weighted by molar-refractivity contribution is -0.173. The van der Waals surface area contributed by atoms with Crippen LogP contribution >= 0.6 is 0 Å². The molecule has 6 nitrogen and oxygen atoms in total. The molecule has 0 bridgehead atoms. The zero-order chi connectivity index (χ0) is 18.1. The standard InChI is InChI=1S/C18H26F2N4O2/c19-18(20)26-14-5-3-13(4-6-14)17(25)23-10-7-12(8-11-23)16-22-21-15-2-1-9-24(15)16/h12-14,18H,1-11H2. The number of hydrogen-bond donors (Lipinski definition) is 0. The van der Waals surface area contributed by atoms with Gasteiger partial charge < -0.3 is 14.2 Å². The van der Waals surface area contributed by atoms with Gasteiger partial charge in [0.25, 0.3) is 0 Å². The Balaban J connectivity index is 1.27. The van der Waals surface area contributed by atoms with E-state index in [1.807, 2.05) is 4.90 Å². The van der Waals surface area contributed by atoms with Crippen molar-refractivity contribution in [3.63, 3.8) is 0 Å². The first-order valence-corrected chi connectivity index (χ1v) is 9.76. The predicted molar refractivity (Wildman–Crippen MR) is 89.7 cm³/mol. The Morgan fingerprint density at radius 3 is 2.46 bits per heavy atom. The first-order valence-electron chi connectivity index (χ1n) is 9.76. The Hall–Kier alpha value is -1.57. The molecule has 1 aliphatic carbocycles. The van der Waals surface area contributed by atoms with Gasteiger partial charge in [0.2, 0.25) is 5.91 Å². The molecule has 1 aromatic rings. The van der Waals surface area contributed by atoms with Crippen LogP contribution in [-0.4, -0.2) is 51.4 Å². The highest BCUT2D eigenvalue weighted by molar-refractivity contribution is 5.79. The van der Waals surface area contributed by atoms with Gasteiger partial charge in [-0.2, -0.15) is 8.78 Å². The third-order valence-corrected chi connectivity index (χ3v) is 6.13. The van der Waals surface area contributed by atoms with Crippen molar-refractivity contribution in [2.45, 2.75) is 76.5 Å². The minimum absolute atomic E-state index is 0.0404. The number of amides is 1. The van der Waals surface area contributed by atoms with Crippen LogP contribution in [0.4, 0.5) is 8.78 Å². The van der Waals surface area contributed by atoms with E-state index in [9.17, 15) is 13.6 Å². The van der Waals surface area contributed by atoms with Crippen LogP contribution in [0.1, 0.15) is 62.5 Å². The molecule has 4 rings (SSSR count). The zero-order valence-electron chi connectivity index (χ0n) is 14.9. The number of hydrogen-bond acceptors (Lipinski definition) is 4. The fraction of sp³-hybridized carbons (Fsp3) is 0.833. The summed E-state index contributed by atoms with van der Waals surface area (Å²) >= 11 is 0. The van der Waals surface area contributed by atoms with Crippen molar-refractivity contribution in [3.05, 3.63) is 11.6 Å². The second kappa shape index (κ2) is 7.58. The number of carbonyl (C=O) groups is 1. The highest BCUT2D eigenvalue weighted by Gasteiger charge is 2.34. The highest BCUT2D eigenvalue weighted by atomic mass is 19.3. The molecule has 0 radical (unpaired) electrons. The van der Waals surface area contributed by atoms with Gasteiger partial charge in [-0.1, -0.05) is 0 Å². The van der Waals surface area contributed by atoms with Gasteiger partial charge in [-0.05, 0) is 44.9 Å². The Kier molecular flexibility index (Phi) is 5.20. The van der Waals surface area contributed by atoms with Gasteiger partial charge in [-0.25, -0.2) is 0 Å². The van der Waals surface area contributed by atoms with Crippen LogP contribution in [0.15, 0.2) is 0 Å². The van der Waals surface area contributed by atoms with E-state index >= 15 is 0 Å². The summed E-state index contributed by atoms with van der Waals surface area (Å²) in [5.41, 5.74) is 0. The number of rotatable bonds is 4. The van der Waals surface area contributed by atoms with E-state index in [2.05, 4.69) is 19.5 Å². The molecular formula is C18H26F2N4O2. The summed E-state index contributed by atoms with van der Waals surface area (Å²) in [6.45, 7) is -0.205. The lowest BCUT2D eigenvalue weighted by Gasteiger charge is -2.36. The van der Waals surface area contributed by atoms with Crippen molar-refractivity contribution in [1.29, 1.82) is 0 Å². The summed E-state index contributed by atoms with van der Waals surface area (Å²) in [5.74, 6) is 2.72. The van der Waals surface area contributed by atoms with Gasteiger partial charge in [0.15, 0.2) is 0 Å². The number of likely N-dealkylation sites (tertiary alicyclic amines) is 1. The number of ether oxygens (including phenoxy) is 1. The van der Waals surface area contributed by atoms with E-state index in [4.69, 9.17) is 0 Å². The molecule has 1 amide bonds. The van der Waals surface area contributed by atoms with Crippen LogP contribution in [0.25, 0.3) is 0 Å². The molecule has 3 aliphatic rings. The van der Waals surface area contributed by atoms with Gasteiger partial charge in [0, 0.05) is 37.9 Å². The van der Waals surface area contributed by atoms with Gasteiger partial charge in [-0.15, -0.1) is 10.2 Å². The van der Waals surface area contributed by atoms with E-state index in [0.717, 1.165) is 57.0 Å². The Bertz CT molecular complexity index is 635. The smallest absolute Gasteiger partial charge is 0.342 e. The fourth-order valence-electron chi connectivity index (χ4n) is 4.68. The van der Waals surface area contributed by atoms with E-state index in [-0.39, 0.29) is 11.8 Å². The number of halogens is 2. The lowest BCUT2D eigenvalue weighted by atomic mass is 9.85. The van der Waals surface area contributed by atoms with E-state index in [1.165, 1.54) is 0 Å². The first-order chi connectivity index (χ1) is 12.6.